The van der Waals surface area contributed by atoms with Gasteiger partial charge < -0.3 is 14.3 Å². The average molecular weight is 274 g/mol. The lowest BCUT2D eigenvalue weighted by Crippen LogP contribution is -2.13. The molecular weight excluding hydrogens is 256 g/mol. The molecule has 4 rings (SSSR count). The third kappa shape index (κ3) is 1.81. The predicted molar refractivity (Wildman–Crippen MR) is 78.1 cm³/mol. The van der Waals surface area contributed by atoms with Gasteiger partial charge in [0.1, 0.15) is 5.75 Å². The molecule has 2 aliphatic carbocycles. The van der Waals surface area contributed by atoms with Crippen molar-refractivity contribution in [3.8, 4) is 5.75 Å². The molecular formula is C15H18N2OS. The lowest BCUT2D eigenvalue weighted by Gasteiger charge is -2.15. The first kappa shape index (κ1) is 11.5. The van der Waals surface area contributed by atoms with Crippen LogP contribution in [0.2, 0.25) is 0 Å². The van der Waals surface area contributed by atoms with Crippen LogP contribution in [0.1, 0.15) is 25.7 Å². The monoisotopic (exact) mass is 274 g/mol. The van der Waals surface area contributed by atoms with Crippen LogP contribution < -0.4 is 4.74 Å². The van der Waals surface area contributed by atoms with E-state index in [1.54, 1.807) is 7.11 Å². The van der Waals surface area contributed by atoms with Crippen molar-refractivity contribution < 1.29 is 4.74 Å². The Bertz CT molecular complexity index is 692. The second-order valence-corrected chi connectivity index (χ2v) is 6.42. The highest BCUT2D eigenvalue weighted by Crippen LogP contribution is 2.62. The van der Waals surface area contributed by atoms with Gasteiger partial charge in [0.15, 0.2) is 4.77 Å². The number of rotatable bonds is 4. The summed E-state index contributed by atoms with van der Waals surface area (Å²) in [7, 11) is 1.69. The van der Waals surface area contributed by atoms with Crippen LogP contribution in [-0.2, 0) is 6.54 Å². The van der Waals surface area contributed by atoms with Gasteiger partial charge >= 0.3 is 0 Å². The molecule has 2 aliphatic rings. The molecule has 0 amide bonds. The molecule has 2 saturated carbocycles. The maximum absolute atomic E-state index is 5.50. The van der Waals surface area contributed by atoms with Crippen molar-refractivity contribution in [2.75, 3.05) is 7.11 Å². The molecule has 0 aliphatic heterocycles. The second-order valence-electron chi connectivity index (χ2n) is 6.04. The molecule has 4 heteroatoms. The molecule has 100 valence electrons. The van der Waals surface area contributed by atoms with Crippen LogP contribution in [0, 0.1) is 16.1 Å². The second kappa shape index (κ2) is 3.85. The van der Waals surface area contributed by atoms with E-state index in [2.05, 4.69) is 15.6 Å². The SMILES string of the molecule is COc1ccc2c(c1)[nH]c(=S)n2CC1(C2CC2)CC1. The van der Waals surface area contributed by atoms with E-state index >= 15 is 0 Å². The maximum atomic E-state index is 5.50. The van der Waals surface area contributed by atoms with Gasteiger partial charge in [0.05, 0.1) is 18.1 Å². The van der Waals surface area contributed by atoms with Crippen molar-refractivity contribution in [3.05, 3.63) is 23.0 Å². The molecule has 1 aromatic carbocycles. The minimum Gasteiger partial charge on any atom is -0.497 e. The normalized spacial score (nSPS) is 20.7. The van der Waals surface area contributed by atoms with Gasteiger partial charge in [-0.1, -0.05) is 0 Å². The summed E-state index contributed by atoms with van der Waals surface area (Å²) in [5.74, 6) is 1.83. The largest absolute Gasteiger partial charge is 0.497 e. The summed E-state index contributed by atoms with van der Waals surface area (Å²) in [6.45, 7) is 1.09. The number of methoxy groups -OCH3 is 1. The number of nitrogens with one attached hydrogen (secondary N) is 1. The summed E-state index contributed by atoms with van der Waals surface area (Å²) in [6.07, 6.45) is 5.59. The van der Waals surface area contributed by atoms with Crippen LogP contribution in [0.15, 0.2) is 18.2 Å². The fraction of sp³-hybridized carbons (Fsp3) is 0.533. The summed E-state index contributed by atoms with van der Waals surface area (Å²) in [6, 6.07) is 6.15. The number of H-pyrrole nitrogens is 1. The number of aromatic amines is 1. The van der Waals surface area contributed by atoms with E-state index in [1.807, 2.05) is 12.1 Å². The zero-order valence-corrected chi connectivity index (χ0v) is 11.9. The van der Waals surface area contributed by atoms with E-state index in [0.717, 1.165) is 28.5 Å². The minimum absolute atomic E-state index is 0.563. The molecule has 0 radical (unpaired) electrons. The van der Waals surface area contributed by atoms with Gasteiger partial charge in [0.2, 0.25) is 0 Å². The molecule has 0 atom stereocenters. The Morgan fingerprint density at radius 1 is 1.42 bits per heavy atom. The Kier molecular flexibility index (Phi) is 2.34. The Morgan fingerprint density at radius 2 is 2.21 bits per heavy atom. The first-order valence-electron chi connectivity index (χ1n) is 6.98. The lowest BCUT2D eigenvalue weighted by molar-refractivity contribution is 0.373. The fourth-order valence-electron chi connectivity index (χ4n) is 3.29. The fourth-order valence-corrected chi connectivity index (χ4v) is 3.57. The summed E-state index contributed by atoms with van der Waals surface area (Å²) < 4.78 is 8.40. The Hall–Kier alpha value is -1.29. The van der Waals surface area contributed by atoms with Gasteiger partial charge in [0.25, 0.3) is 0 Å². The van der Waals surface area contributed by atoms with Crippen molar-refractivity contribution in [1.29, 1.82) is 0 Å². The number of imidazole rings is 1. The van der Waals surface area contributed by atoms with Crippen LogP contribution in [0.4, 0.5) is 0 Å². The average Bonchev–Trinajstić information content (AvgIpc) is 3.28. The van der Waals surface area contributed by atoms with Gasteiger partial charge in [-0.2, -0.15) is 0 Å². The van der Waals surface area contributed by atoms with Gasteiger partial charge in [-0.3, -0.25) is 0 Å². The summed E-state index contributed by atoms with van der Waals surface area (Å²) in [5.41, 5.74) is 2.85. The maximum Gasteiger partial charge on any atom is 0.178 e. The van der Waals surface area contributed by atoms with Crippen LogP contribution in [0.5, 0.6) is 5.75 Å². The minimum atomic E-state index is 0.563. The van der Waals surface area contributed by atoms with Crippen LogP contribution in [-0.4, -0.2) is 16.7 Å². The third-order valence-corrected chi connectivity index (χ3v) is 5.11. The van der Waals surface area contributed by atoms with E-state index in [9.17, 15) is 0 Å². The lowest BCUT2D eigenvalue weighted by atomic mass is 10.0. The standard InChI is InChI=1S/C15H18N2OS/c1-18-11-4-5-13-12(8-11)16-14(19)17(13)9-15(6-7-15)10-2-3-10/h4-5,8,10H,2-3,6-7,9H2,1H3,(H,16,19). The van der Waals surface area contributed by atoms with E-state index in [4.69, 9.17) is 17.0 Å². The number of hydrogen-bond donors (Lipinski definition) is 1. The highest BCUT2D eigenvalue weighted by Gasteiger charge is 2.53. The molecule has 1 N–H and O–H groups in total. The molecule has 1 aromatic heterocycles. The van der Waals surface area contributed by atoms with Crippen LogP contribution in [0.3, 0.4) is 0 Å². The van der Waals surface area contributed by atoms with Gasteiger partial charge in [-0.15, -0.1) is 0 Å². The smallest absolute Gasteiger partial charge is 0.178 e. The Balaban J connectivity index is 1.77. The molecule has 0 unspecified atom stereocenters. The number of benzene rings is 1. The predicted octanol–water partition coefficient (Wildman–Crippen LogP) is 3.90. The molecule has 19 heavy (non-hydrogen) atoms. The number of hydrogen-bond acceptors (Lipinski definition) is 2. The van der Waals surface area contributed by atoms with Crippen molar-refractivity contribution in [2.45, 2.75) is 32.2 Å². The summed E-state index contributed by atoms with van der Waals surface area (Å²) >= 11 is 5.50. The highest BCUT2D eigenvalue weighted by atomic mass is 32.1. The van der Waals surface area contributed by atoms with Crippen molar-refractivity contribution in [2.24, 2.45) is 11.3 Å². The number of nitrogens with zero attached hydrogens (tertiary/aromatic N) is 1. The number of aromatic nitrogens is 2. The Labute approximate surface area is 117 Å². The van der Waals surface area contributed by atoms with E-state index in [1.165, 1.54) is 31.2 Å². The van der Waals surface area contributed by atoms with Gasteiger partial charge in [-0.25, -0.2) is 0 Å². The van der Waals surface area contributed by atoms with Crippen molar-refractivity contribution in [3.63, 3.8) is 0 Å². The van der Waals surface area contributed by atoms with Gasteiger partial charge in [-0.05, 0) is 61.4 Å². The molecule has 0 spiro atoms. The van der Waals surface area contributed by atoms with Gasteiger partial charge in [0, 0.05) is 12.6 Å². The van der Waals surface area contributed by atoms with Crippen LogP contribution in [0.25, 0.3) is 11.0 Å². The first-order valence-corrected chi connectivity index (χ1v) is 7.39. The Morgan fingerprint density at radius 3 is 2.84 bits per heavy atom. The topological polar surface area (TPSA) is 29.9 Å². The van der Waals surface area contributed by atoms with Crippen molar-refractivity contribution in [1.82, 2.24) is 9.55 Å². The number of fused-ring (bicyclic) bond motifs is 1. The van der Waals surface area contributed by atoms with E-state index in [0.29, 0.717) is 5.41 Å². The summed E-state index contributed by atoms with van der Waals surface area (Å²) in [4.78, 5) is 3.31. The molecule has 2 fully saturated rings. The summed E-state index contributed by atoms with van der Waals surface area (Å²) in [5, 5.41) is 0. The molecule has 3 nitrogen and oxygen atoms in total. The number of ether oxygens (including phenoxy) is 1. The zero-order chi connectivity index (χ0) is 13.0. The van der Waals surface area contributed by atoms with E-state index < -0.39 is 0 Å². The molecule has 1 heterocycles. The molecule has 2 aromatic rings. The molecule has 0 bridgehead atoms. The first-order chi connectivity index (χ1) is 9.22. The van der Waals surface area contributed by atoms with Crippen LogP contribution >= 0.6 is 12.2 Å². The zero-order valence-electron chi connectivity index (χ0n) is 11.1. The van der Waals surface area contributed by atoms with Crippen molar-refractivity contribution >= 4 is 23.3 Å². The quantitative estimate of drug-likeness (QED) is 0.857. The highest BCUT2D eigenvalue weighted by molar-refractivity contribution is 7.71. The molecule has 0 saturated heterocycles. The third-order valence-electron chi connectivity index (χ3n) is 4.79. The van der Waals surface area contributed by atoms with E-state index in [-0.39, 0.29) is 0 Å².